The number of rotatable bonds is 4. The van der Waals surface area contributed by atoms with E-state index in [1.54, 1.807) is 0 Å². The zero-order valence-electron chi connectivity index (χ0n) is 18.2. The van der Waals surface area contributed by atoms with Crippen LogP contribution in [0.2, 0.25) is 19.6 Å². The Morgan fingerprint density at radius 1 is 1.11 bits per heavy atom. The highest BCUT2D eigenvalue weighted by molar-refractivity contribution is 6.69. The molecule has 0 bridgehead atoms. The number of carbonyl (C=O) groups excluding carboxylic acids is 1. The maximum atomic E-state index is 12.6. The fraction of sp³-hybridized carbons (Fsp3) is 0.875. The van der Waals surface area contributed by atoms with E-state index in [1.807, 2.05) is 5.57 Å². The van der Waals surface area contributed by atoms with Gasteiger partial charge in [-0.25, -0.2) is 0 Å². The lowest BCUT2D eigenvalue weighted by atomic mass is 9.53. The van der Waals surface area contributed by atoms with Crippen molar-refractivity contribution in [2.75, 3.05) is 0 Å². The standard InChI is InChI=1S/C24H40O2Si/c1-6-23(25)22-12-11-21-20-9-7-16-15-17(26-27(3,4)5)8-10-18(16)19(20)13-14-24(21,22)2/h13,16-18,20-22H,6-12,14-15H2,1-5H3/t16?,17?,18-,20+,21-,22+,24-/m0/s1. The summed E-state index contributed by atoms with van der Waals surface area (Å²) in [6.45, 7) is 11.5. The average Bonchev–Trinajstić information content (AvgIpc) is 2.96. The third-order valence-corrected chi connectivity index (χ3v) is 9.61. The molecule has 0 spiro atoms. The van der Waals surface area contributed by atoms with Crippen molar-refractivity contribution < 1.29 is 9.22 Å². The molecule has 7 atom stereocenters. The number of hydrogen-bond acceptors (Lipinski definition) is 2. The SMILES string of the molecule is CCC(=O)[C@H]1CC[C@H]2[C@@H]3CCC4CC(O[Si](C)(C)C)CC[C@@H]4C3=CC[C@]12C. The normalized spacial score (nSPS) is 44.1. The highest BCUT2D eigenvalue weighted by atomic mass is 28.4. The van der Waals surface area contributed by atoms with Crippen LogP contribution in [-0.2, 0) is 9.22 Å². The van der Waals surface area contributed by atoms with Gasteiger partial charge in [0.25, 0.3) is 0 Å². The van der Waals surface area contributed by atoms with Gasteiger partial charge in [-0.2, -0.15) is 0 Å². The summed E-state index contributed by atoms with van der Waals surface area (Å²) in [6.07, 6.45) is 14.1. The Balaban J connectivity index is 1.50. The van der Waals surface area contributed by atoms with Crippen molar-refractivity contribution in [3.05, 3.63) is 11.6 Å². The summed E-state index contributed by atoms with van der Waals surface area (Å²) in [5.74, 6) is 4.04. The van der Waals surface area contributed by atoms with Gasteiger partial charge in [-0.05, 0) is 100 Å². The van der Waals surface area contributed by atoms with E-state index in [0.29, 0.717) is 17.8 Å². The molecule has 0 aromatic heterocycles. The number of hydrogen-bond donors (Lipinski definition) is 0. The second kappa shape index (κ2) is 7.13. The first-order chi connectivity index (χ1) is 12.7. The van der Waals surface area contributed by atoms with Crippen molar-refractivity contribution in [3.63, 3.8) is 0 Å². The van der Waals surface area contributed by atoms with Gasteiger partial charge in [0.15, 0.2) is 8.32 Å². The third-order valence-electron chi connectivity index (χ3n) is 8.57. The molecule has 27 heavy (non-hydrogen) atoms. The van der Waals surface area contributed by atoms with E-state index in [2.05, 4.69) is 39.6 Å². The van der Waals surface area contributed by atoms with Gasteiger partial charge in [-0.3, -0.25) is 4.79 Å². The Bertz CT molecular complexity index is 618. The van der Waals surface area contributed by atoms with Crippen LogP contribution < -0.4 is 0 Å². The van der Waals surface area contributed by atoms with E-state index in [4.69, 9.17) is 4.43 Å². The van der Waals surface area contributed by atoms with Gasteiger partial charge in [0.1, 0.15) is 5.78 Å². The molecular weight excluding hydrogens is 348 g/mol. The zero-order valence-corrected chi connectivity index (χ0v) is 19.2. The number of allylic oxidation sites excluding steroid dienone is 2. The second-order valence-corrected chi connectivity index (χ2v) is 15.6. The minimum absolute atomic E-state index is 0.242. The van der Waals surface area contributed by atoms with E-state index < -0.39 is 8.32 Å². The first-order valence-electron chi connectivity index (χ1n) is 11.6. The van der Waals surface area contributed by atoms with Gasteiger partial charge < -0.3 is 4.43 Å². The van der Waals surface area contributed by atoms with Crippen molar-refractivity contribution in [3.8, 4) is 0 Å². The molecule has 4 rings (SSSR count). The highest BCUT2D eigenvalue weighted by Crippen LogP contribution is 2.62. The van der Waals surface area contributed by atoms with Gasteiger partial charge in [0.05, 0.1) is 0 Å². The Hall–Kier alpha value is -0.413. The van der Waals surface area contributed by atoms with E-state index >= 15 is 0 Å². The molecule has 152 valence electrons. The quantitative estimate of drug-likeness (QED) is 0.413. The molecule has 0 amide bonds. The van der Waals surface area contributed by atoms with Crippen LogP contribution >= 0.6 is 0 Å². The first kappa shape index (κ1) is 19.9. The topological polar surface area (TPSA) is 26.3 Å². The van der Waals surface area contributed by atoms with Gasteiger partial charge in [0.2, 0.25) is 0 Å². The summed E-state index contributed by atoms with van der Waals surface area (Å²) in [5, 5.41) is 0. The predicted molar refractivity (Wildman–Crippen MR) is 114 cm³/mol. The second-order valence-electron chi connectivity index (χ2n) is 11.2. The number of Topliss-reactive ketones (excluding diaryl/α,β-unsaturated/α-hetero) is 1. The molecule has 4 aliphatic carbocycles. The Kier molecular flexibility index (Phi) is 5.25. The zero-order chi connectivity index (χ0) is 19.4. The van der Waals surface area contributed by atoms with Crippen molar-refractivity contribution in [2.24, 2.45) is 35.0 Å². The Morgan fingerprint density at radius 2 is 1.85 bits per heavy atom. The molecule has 4 aliphatic rings. The minimum atomic E-state index is -1.43. The summed E-state index contributed by atoms with van der Waals surface area (Å²) in [6, 6.07) is 0. The van der Waals surface area contributed by atoms with Gasteiger partial charge in [0, 0.05) is 18.4 Å². The molecule has 0 N–H and O–H groups in total. The summed E-state index contributed by atoms with van der Waals surface area (Å²) in [7, 11) is -1.43. The smallest absolute Gasteiger partial charge is 0.184 e. The van der Waals surface area contributed by atoms with Crippen LogP contribution in [0.1, 0.15) is 71.6 Å². The molecule has 2 unspecified atom stereocenters. The van der Waals surface area contributed by atoms with Crippen LogP contribution in [0.4, 0.5) is 0 Å². The Labute approximate surface area is 167 Å². The third kappa shape index (κ3) is 3.52. The summed E-state index contributed by atoms with van der Waals surface area (Å²) < 4.78 is 6.48. The van der Waals surface area contributed by atoms with E-state index in [9.17, 15) is 4.79 Å². The molecule has 0 heterocycles. The molecule has 0 aliphatic heterocycles. The molecule has 3 heteroatoms. The first-order valence-corrected chi connectivity index (χ1v) is 15.0. The largest absolute Gasteiger partial charge is 0.415 e. The minimum Gasteiger partial charge on any atom is -0.415 e. The average molecular weight is 389 g/mol. The molecule has 2 nitrogen and oxygen atoms in total. The molecule has 3 fully saturated rings. The highest BCUT2D eigenvalue weighted by Gasteiger charge is 2.55. The van der Waals surface area contributed by atoms with Crippen LogP contribution in [0.25, 0.3) is 0 Å². The number of fused-ring (bicyclic) bond motifs is 5. The van der Waals surface area contributed by atoms with Crippen LogP contribution in [0, 0.1) is 35.0 Å². The molecule has 0 aromatic carbocycles. The fourth-order valence-electron chi connectivity index (χ4n) is 7.49. The maximum Gasteiger partial charge on any atom is 0.184 e. The molecular formula is C24H40O2Si. The van der Waals surface area contributed by atoms with E-state index in [-0.39, 0.29) is 5.41 Å². The van der Waals surface area contributed by atoms with Crippen LogP contribution in [0.15, 0.2) is 11.6 Å². The van der Waals surface area contributed by atoms with Gasteiger partial charge in [-0.1, -0.05) is 25.5 Å². The lowest BCUT2D eigenvalue weighted by Crippen LogP contribution is -2.45. The molecule has 0 radical (unpaired) electrons. The number of carbonyl (C=O) groups is 1. The lowest BCUT2D eigenvalue weighted by Gasteiger charge is -2.52. The van der Waals surface area contributed by atoms with Crippen LogP contribution in [0.5, 0.6) is 0 Å². The van der Waals surface area contributed by atoms with Gasteiger partial charge >= 0.3 is 0 Å². The van der Waals surface area contributed by atoms with E-state index in [0.717, 1.165) is 42.9 Å². The summed E-state index contributed by atoms with van der Waals surface area (Å²) in [5.41, 5.74) is 2.05. The molecule has 0 saturated heterocycles. The van der Waals surface area contributed by atoms with Gasteiger partial charge in [-0.15, -0.1) is 0 Å². The molecule has 0 aromatic rings. The van der Waals surface area contributed by atoms with Crippen molar-refractivity contribution >= 4 is 14.1 Å². The van der Waals surface area contributed by atoms with E-state index in [1.165, 1.54) is 38.5 Å². The van der Waals surface area contributed by atoms with Crippen LogP contribution in [0.3, 0.4) is 0 Å². The van der Waals surface area contributed by atoms with Crippen molar-refractivity contribution in [2.45, 2.75) is 97.4 Å². The number of ketones is 1. The van der Waals surface area contributed by atoms with Crippen molar-refractivity contribution in [1.29, 1.82) is 0 Å². The summed E-state index contributed by atoms with van der Waals surface area (Å²) >= 11 is 0. The lowest BCUT2D eigenvalue weighted by molar-refractivity contribution is -0.126. The monoisotopic (exact) mass is 388 g/mol. The fourth-order valence-corrected chi connectivity index (χ4v) is 8.70. The maximum absolute atomic E-state index is 12.6. The van der Waals surface area contributed by atoms with Crippen LogP contribution in [-0.4, -0.2) is 20.2 Å². The molecule has 3 saturated carbocycles. The summed E-state index contributed by atoms with van der Waals surface area (Å²) in [4.78, 5) is 12.6. The Morgan fingerprint density at radius 3 is 2.56 bits per heavy atom. The predicted octanol–water partition coefficient (Wildman–Crippen LogP) is 6.37. The van der Waals surface area contributed by atoms with Crippen molar-refractivity contribution in [1.82, 2.24) is 0 Å².